The quantitative estimate of drug-likeness (QED) is 0.720. The Bertz CT molecular complexity index is 499. The van der Waals surface area contributed by atoms with Crippen LogP contribution in [-0.2, 0) is 4.79 Å². The summed E-state index contributed by atoms with van der Waals surface area (Å²) in [5.41, 5.74) is 0.779. The van der Waals surface area contributed by atoms with E-state index in [1.54, 1.807) is 6.92 Å². The molecule has 0 aliphatic carbocycles. The van der Waals surface area contributed by atoms with E-state index < -0.39 is 18.6 Å². The molecule has 128 valence electrons. The van der Waals surface area contributed by atoms with Crippen molar-refractivity contribution in [2.24, 2.45) is 5.92 Å². The maximum Gasteiger partial charge on any atom is 0.254 e. The topological polar surface area (TPSA) is 61.4 Å². The normalized spacial score (nSPS) is 25.5. The summed E-state index contributed by atoms with van der Waals surface area (Å²) in [5.74, 6) is -0.524. The van der Waals surface area contributed by atoms with E-state index in [2.05, 4.69) is 10.6 Å². The van der Waals surface area contributed by atoms with Crippen molar-refractivity contribution in [1.82, 2.24) is 10.6 Å². The summed E-state index contributed by atoms with van der Waals surface area (Å²) in [6, 6.07) is 7.91. The van der Waals surface area contributed by atoms with E-state index in [1.807, 2.05) is 30.3 Å². The number of rotatable bonds is 7. The summed E-state index contributed by atoms with van der Waals surface area (Å²) in [5, 5.41) is 15.8. The molecule has 1 saturated heterocycles. The highest BCUT2D eigenvalue weighted by Gasteiger charge is 2.41. The minimum absolute atomic E-state index is 0.139. The standard InChI is InChI=1S/C17H24F2N2O2/c1-2-15(23)21-13-10-20-16(17(18)19)12(13)8-9-14(22)11-6-4-3-5-7-11/h3-7,12-14,16-17,20,22H,2,8-10H2,1H3,(H,21,23)/t12-,13-,14?,16-/m1/s1. The first-order valence-electron chi connectivity index (χ1n) is 8.06. The number of halogens is 2. The van der Waals surface area contributed by atoms with Gasteiger partial charge in [-0.3, -0.25) is 4.79 Å². The molecule has 1 heterocycles. The highest BCUT2D eigenvalue weighted by Crippen LogP contribution is 2.29. The minimum atomic E-state index is -2.49. The third-order valence-corrected chi connectivity index (χ3v) is 4.45. The maximum atomic E-state index is 13.2. The number of amides is 1. The van der Waals surface area contributed by atoms with Crippen LogP contribution in [0.5, 0.6) is 0 Å². The van der Waals surface area contributed by atoms with Crippen molar-refractivity contribution in [3.8, 4) is 0 Å². The molecule has 6 heteroatoms. The van der Waals surface area contributed by atoms with Gasteiger partial charge in [-0.25, -0.2) is 8.78 Å². The van der Waals surface area contributed by atoms with Crippen LogP contribution in [0, 0.1) is 5.92 Å². The van der Waals surface area contributed by atoms with Crippen LogP contribution >= 0.6 is 0 Å². The number of carbonyl (C=O) groups is 1. The Kier molecular flexibility index (Phi) is 6.47. The molecule has 2 rings (SSSR count). The van der Waals surface area contributed by atoms with E-state index in [0.717, 1.165) is 5.56 Å². The summed E-state index contributed by atoms with van der Waals surface area (Å²) in [4.78, 5) is 11.6. The highest BCUT2D eigenvalue weighted by atomic mass is 19.3. The smallest absolute Gasteiger partial charge is 0.254 e. The predicted molar refractivity (Wildman–Crippen MR) is 84.1 cm³/mol. The van der Waals surface area contributed by atoms with Crippen LogP contribution < -0.4 is 10.6 Å². The Morgan fingerprint density at radius 3 is 2.70 bits per heavy atom. The van der Waals surface area contributed by atoms with Crippen LogP contribution in [0.3, 0.4) is 0 Å². The second-order valence-corrected chi connectivity index (χ2v) is 5.96. The zero-order valence-corrected chi connectivity index (χ0v) is 13.2. The average molecular weight is 326 g/mol. The molecule has 3 N–H and O–H groups in total. The van der Waals surface area contributed by atoms with Crippen molar-refractivity contribution in [2.45, 2.75) is 50.8 Å². The fourth-order valence-electron chi connectivity index (χ4n) is 3.13. The van der Waals surface area contributed by atoms with Gasteiger partial charge in [0.15, 0.2) is 0 Å². The fourth-order valence-corrected chi connectivity index (χ4v) is 3.13. The van der Waals surface area contributed by atoms with Gasteiger partial charge < -0.3 is 15.7 Å². The van der Waals surface area contributed by atoms with Gasteiger partial charge in [0.2, 0.25) is 5.91 Å². The molecule has 0 aromatic heterocycles. The number of aliphatic hydroxyl groups excluding tert-OH is 1. The number of alkyl halides is 2. The molecule has 1 unspecified atom stereocenters. The SMILES string of the molecule is CCC(=O)N[C@@H]1CN[C@@H](C(F)F)[C@@H]1CCC(O)c1ccccc1. The molecule has 0 radical (unpaired) electrons. The summed E-state index contributed by atoms with van der Waals surface area (Å²) in [6.07, 6.45) is -2.03. The highest BCUT2D eigenvalue weighted by molar-refractivity contribution is 5.75. The van der Waals surface area contributed by atoms with Crippen molar-refractivity contribution in [1.29, 1.82) is 0 Å². The molecule has 0 bridgehead atoms. The zero-order valence-electron chi connectivity index (χ0n) is 13.2. The Labute approximate surface area is 135 Å². The molecule has 1 aromatic rings. The van der Waals surface area contributed by atoms with E-state index in [1.165, 1.54) is 0 Å². The van der Waals surface area contributed by atoms with Crippen LogP contribution in [0.15, 0.2) is 30.3 Å². The number of nitrogens with one attached hydrogen (secondary N) is 2. The number of aliphatic hydroxyl groups is 1. The van der Waals surface area contributed by atoms with Gasteiger partial charge in [0.25, 0.3) is 6.43 Å². The molecule has 4 atom stereocenters. The lowest BCUT2D eigenvalue weighted by molar-refractivity contribution is -0.121. The average Bonchev–Trinajstić information content (AvgIpc) is 2.96. The molecule has 1 aliphatic rings. The second kappa shape index (κ2) is 8.36. The predicted octanol–water partition coefficient (Wildman–Crippen LogP) is 2.25. The Morgan fingerprint density at radius 1 is 1.39 bits per heavy atom. The summed E-state index contributed by atoms with van der Waals surface area (Å²) >= 11 is 0. The zero-order chi connectivity index (χ0) is 16.8. The lowest BCUT2D eigenvalue weighted by Gasteiger charge is -2.25. The first-order chi connectivity index (χ1) is 11.0. The van der Waals surface area contributed by atoms with Crippen molar-refractivity contribution in [2.75, 3.05) is 6.54 Å². The number of hydrogen-bond acceptors (Lipinski definition) is 3. The third-order valence-electron chi connectivity index (χ3n) is 4.45. The van der Waals surface area contributed by atoms with Gasteiger partial charge >= 0.3 is 0 Å². The van der Waals surface area contributed by atoms with Crippen molar-refractivity contribution < 1.29 is 18.7 Å². The molecule has 1 fully saturated rings. The van der Waals surface area contributed by atoms with Crippen LogP contribution in [0.2, 0.25) is 0 Å². The van der Waals surface area contributed by atoms with Gasteiger partial charge in [0.1, 0.15) is 0 Å². The van der Waals surface area contributed by atoms with Crippen molar-refractivity contribution in [3.05, 3.63) is 35.9 Å². The van der Waals surface area contributed by atoms with E-state index in [0.29, 0.717) is 25.8 Å². The molecule has 1 amide bonds. The van der Waals surface area contributed by atoms with E-state index in [4.69, 9.17) is 0 Å². The number of benzene rings is 1. The Morgan fingerprint density at radius 2 is 2.09 bits per heavy atom. The summed E-state index contributed by atoms with van der Waals surface area (Å²) in [7, 11) is 0. The molecule has 1 aliphatic heterocycles. The molecule has 0 saturated carbocycles. The first-order valence-corrected chi connectivity index (χ1v) is 8.06. The summed E-state index contributed by atoms with van der Waals surface area (Å²) in [6.45, 7) is 2.07. The minimum Gasteiger partial charge on any atom is -0.388 e. The Balaban J connectivity index is 1.98. The Hall–Kier alpha value is -1.53. The van der Waals surface area contributed by atoms with Gasteiger partial charge in [-0.1, -0.05) is 37.3 Å². The number of hydrogen-bond donors (Lipinski definition) is 3. The van der Waals surface area contributed by atoms with Crippen LogP contribution in [0.25, 0.3) is 0 Å². The van der Waals surface area contributed by atoms with Crippen molar-refractivity contribution >= 4 is 5.91 Å². The van der Waals surface area contributed by atoms with Crippen LogP contribution in [0.4, 0.5) is 8.78 Å². The van der Waals surface area contributed by atoms with Crippen molar-refractivity contribution in [3.63, 3.8) is 0 Å². The van der Waals surface area contributed by atoms with E-state index >= 15 is 0 Å². The molecule has 0 spiro atoms. The maximum absolute atomic E-state index is 13.2. The molecule has 23 heavy (non-hydrogen) atoms. The van der Waals surface area contributed by atoms with Gasteiger partial charge in [-0.2, -0.15) is 0 Å². The van der Waals surface area contributed by atoms with Crippen LogP contribution in [0.1, 0.15) is 37.9 Å². The lowest BCUT2D eigenvalue weighted by Crippen LogP contribution is -2.42. The molecule has 4 nitrogen and oxygen atoms in total. The first kappa shape index (κ1) is 17.8. The lowest BCUT2D eigenvalue weighted by atomic mass is 9.89. The molecular formula is C17H24F2N2O2. The van der Waals surface area contributed by atoms with Crippen LogP contribution in [-0.4, -0.2) is 36.1 Å². The van der Waals surface area contributed by atoms with Gasteiger partial charge in [-0.05, 0) is 18.4 Å². The molecular weight excluding hydrogens is 302 g/mol. The third kappa shape index (κ3) is 4.72. The fraction of sp³-hybridized carbons (Fsp3) is 0.588. The monoisotopic (exact) mass is 326 g/mol. The van der Waals surface area contributed by atoms with Gasteiger partial charge in [0, 0.05) is 24.9 Å². The number of carbonyl (C=O) groups excluding carboxylic acids is 1. The van der Waals surface area contributed by atoms with Gasteiger partial charge in [-0.15, -0.1) is 0 Å². The molecule has 1 aromatic carbocycles. The summed E-state index contributed by atoms with van der Waals surface area (Å²) < 4.78 is 26.4. The van der Waals surface area contributed by atoms with E-state index in [9.17, 15) is 18.7 Å². The van der Waals surface area contributed by atoms with E-state index in [-0.39, 0.29) is 17.9 Å². The second-order valence-electron chi connectivity index (χ2n) is 5.96. The van der Waals surface area contributed by atoms with Gasteiger partial charge in [0.05, 0.1) is 12.1 Å². The largest absolute Gasteiger partial charge is 0.388 e.